The van der Waals surface area contributed by atoms with Gasteiger partial charge in [0.15, 0.2) is 16.8 Å². The van der Waals surface area contributed by atoms with Gasteiger partial charge >= 0.3 is 0 Å². The minimum absolute atomic E-state index is 0.382. The maximum Gasteiger partial charge on any atom is 0.181 e. The number of nitrogens with zero attached hydrogens (tertiary/aromatic N) is 5. The summed E-state index contributed by atoms with van der Waals surface area (Å²) in [6.07, 6.45) is 3.34. The second kappa shape index (κ2) is 9.17. The molecule has 5 rings (SSSR count). The van der Waals surface area contributed by atoms with Crippen LogP contribution in [-0.2, 0) is 0 Å². The number of hydrogen-bond donors (Lipinski definition) is 2. The normalized spacial score (nSPS) is 10.9. The number of aromatic nitrogens is 5. The molecule has 0 saturated heterocycles. The Morgan fingerprint density at radius 2 is 1.76 bits per heavy atom. The number of anilines is 2. The lowest BCUT2D eigenvalue weighted by Gasteiger charge is -2.13. The van der Waals surface area contributed by atoms with Crippen LogP contribution in [0, 0.1) is 13.8 Å². The van der Waals surface area contributed by atoms with Gasteiger partial charge in [0, 0.05) is 5.56 Å². The Bertz CT molecular complexity index is 1490. The molecule has 0 unspecified atom stereocenters. The van der Waals surface area contributed by atoms with Gasteiger partial charge in [-0.2, -0.15) is 0 Å². The molecule has 7 nitrogen and oxygen atoms in total. The van der Waals surface area contributed by atoms with Gasteiger partial charge in [0.2, 0.25) is 0 Å². The summed E-state index contributed by atoms with van der Waals surface area (Å²) in [6.45, 7) is 4.01. The largest absolute Gasteiger partial charge is 0.331 e. The fraction of sp³-hybridized carbons (Fsp3) is 0.0800. The third-order valence-electron chi connectivity index (χ3n) is 5.29. The average Bonchev–Trinajstić information content (AvgIpc) is 3.32. The first-order valence-corrected chi connectivity index (χ1v) is 11.3. The zero-order valence-electron chi connectivity index (χ0n) is 18.5. The lowest BCUT2D eigenvalue weighted by atomic mass is 10.2. The second-order valence-corrected chi connectivity index (χ2v) is 8.63. The van der Waals surface area contributed by atoms with E-state index in [0.29, 0.717) is 21.8 Å². The van der Waals surface area contributed by atoms with Crippen LogP contribution in [0.2, 0.25) is 5.02 Å². The topological polar surface area (TPSA) is 80.5 Å². The predicted molar refractivity (Wildman–Crippen MR) is 141 cm³/mol. The molecular formula is C25H20ClN7S. The Morgan fingerprint density at radius 1 is 0.941 bits per heavy atom. The van der Waals surface area contributed by atoms with Crippen LogP contribution >= 0.6 is 23.8 Å². The number of hydrogen-bond acceptors (Lipinski definition) is 5. The third-order valence-corrected chi connectivity index (χ3v) is 5.81. The summed E-state index contributed by atoms with van der Waals surface area (Å²) in [7, 11) is 0. The van der Waals surface area contributed by atoms with Gasteiger partial charge in [-0.3, -0.25) is 4.98 Å². The van der Waals surface area contributed by atoms with Gasteiger partial charge in [0.25, 0.3) is 0 Å². The molecule has 0 aliphatic carbocycles. The van der Waals surface area contributed by atoms with Gasteiger partial charge in [0.05, 0.1) is 33.6 Å². The Morgan fingerprint density at radius 3 is 2.56 bits per heavy atom. The van der Waals surface area contributed by atoms with Crippen molar-refractivity contribution in [1.82, 2.24) is 24.7 Å². The number of thiocarbonyl (C=S) groups is 1. The van der Waals surface area contributed by atoms with Crippen molar-refractivity contribution in [2.45, 2.75) is 13.8 Å². The number of benzene rings is 3. The van der Waals surface area contributed by atoms with Crippen molar-refractivity contribution in [2.24, 2.45) is 0 Å². The van der Waals surface area contributed by atoms with E-state index in [1.807, 2.05) is 67.6 Å². The molecule has 9 heteroatoms. The SMILES string of the molecule is Cc1ccc(-n2cnc(-c3ccc4nc(NC(=S)Nc5c(C)cccc5Cl)cnc4c3)n2)cc1. The van der Waals surface area contributed by atoms with Crippen LogP contribution in [0.3, 0.4) is 0 Å². The molecule has 168 valence electrons. The minimum atomic E-state index is 0.382. The van der Waals surface area contributed by atoms with Crippen molar-refractivity contribution < 1.29 is 0 Å². The highest BCUT2D eigenvalue weighted by molar-refractivity contribution is 7.80. The predicted octanol–water partition coefficient (Wildman–Crippen LogP) is 5.96. The van der Waals surface area contributed by atoms with Gasteiger partial charge in [-0.25, -0.2) is 14.6 Å². The molecule has 0 atom stereocenters. The molecule has 0 aliphatic rings. The Kier molecular flexibility index (Phi) is 5.91. The van der Waals surface area contributed by atoms with Crippen LogP contribution in [0.5, 0.6) is 0 Å². The van der Waals surface area contributed by atoms with Crippen LogP contribution in [0.15, 0.2) is 73.2 Å². The molecule has 0 aliphatic heterocycles. The Hall–Kier alpha value is -3.88. The first-order valence-electron chi connectivity index (χ1n) is 10.6. The molecule has 0 bridgehead atoms. The highest BCUT2D eigenvalue weighted by Gasteiger charge is 2.10. The van der Waals surface area contributed by atoms with Crippen molar-refractivity contribution >= 4 is 51.5 Å². The maximum atomic E-state index is 6.27. The van der Waals surface area contributed by atoms with E-state index in [4.69, 9.17) is 23.8 Å². The van der Waals surface area contributed by atoms with Crippen molar-refractivity contribution in [1.29, 1.82) is 0 Å². The summed E-state index contributed by atoms with van der Waals surface area (Å²) in [5.41, 5.74) is 6.22. The van der Waals surface area contributed by atoms with Crippen LogP contribution < -0.4 is 10.6 Å². The molecule has 2 heterocycles. The molecule has 0 radical (unpaired) electrons. The van der Waals surface area contributed by atoms with E-state index in [2.05, 4.69) is 37.6 Å². The zero-order valence-corrected chi connectivity index (χ0v) is 20.0. The summed E-state index contributed by atoms with van der Waals surface area (Å²) in [6, 6.07) is 19.5. The van der Waals surface area contributed by atoms with Crippen LogP contribution in [-0.4, -0.2) is 29.8 Å². The van der Waals surface area contributed by atoms with Gasteiger partial charge in [-0.05, 0) is 68.0 Å². The average molecular weight is 486 g/mol. The van der Waals surface area contributed by atoms with E-state index in [-0.39, 0.29) is 0 Å². The van der Waals surface area contributed by atoms with E-state index in [0.717, 1.165) is 33.5 Å². The maximum absolute atomic E-state index is 6.27. The van der Waals surface area contributed by atoms with Crippen molar-refractivity contribution in [3.05, 3.63) is 89.3 Å². The second-order valence-electron chi connectivity index (χ2n) is 7.82. The first-order chi connectivity index (χ1) is 16.5. The summed E-state index contributed by atoms with van der Waals surface area (Å²) < 4.78 is 1.76. The molecule has 0 spiro atoms. The first kappa shape index (κ1) is 21.9. The molecule has 34 heavy (non-hydrogen) atoms. The summed E-state index contributed by atoms with van der Waals surface area (Å²) in [5.74, 6) is 1.15. The summed E-state index contributed by atoms with van der Waals surface area (Å²) in [5, 5.41) is 11.8. The van der Waals surface area contributed by atoms with E-state index in [1.54, 1.807) is 17.2 Å². The zero-order chi connectivity index (χ0) is 23.7. The number of fused-ring (bicyclic) bond motifs is 1. The van der Waals surface area contributed by atoms with Crippen molar-refractivity contribution in [3.63, 3.8) is 0 Å². The third kappa shape index (κ3) is 4.59. The molecule has 2 aromatic heterocycles. The fourth-order valence-corrected chi connectivity index (χ4v) is 3.95. The number of para-hydroxylation sites is 1. The van der Waals surface area contributed by atoms with E-state index in [1.165, 1.54) is 5.56 Å². The molecule has 0 amide bonds. The van der Waals surface area contributed by atoms with E-state index in [9.17, 15) is 0 Å². The van der Waals surface area contributed by atoms with Crippen LogP contribution in [0.25, 0.3) is 28.1 Å². The molecule has 0 fully saturated rings. The molecule has 2 N–H and O–H groups in total. The Balaban J connectivity index is 1.34. The minimum Gasteiger partial charge on any atom is -0.331 e. The monoisotopic (exact) mass is 485 g/mol. The van der Waals surface area contributed by atoms with Crippen molar-refractivity contribution in [2.75, 3.05) is 10.6 Å². The van der Waals surface area contributed by atoms with Gasteiger partial charge in [-0.15, -0.1) is 5.10 Å². The van der Waals surface area contributed by atoms with Gasteiger partial charge in [0.1, 0.15) is 6.33 Å². The standard InChI is InChI=1S/C25H20ClN7S/c1-15-6-9-18(10-7-15)33-14-28-24(32-33)17-8-11-20-21(12-17)27-13-22(29-20)30-25(34)31-23-16(2)4-3-5-19(23)26/h3-14H,1-2H3,(H2,29,30,31,34). The highest BCUT2D eigenvalue weighted by Crippen LogP contribution is 2.26. The molecule has 0 saturated carbocycles. The summed E-state index contributed by atoms with van der Waals surface area (Å²) in [4.78, 5) is 13.6. The van der Waals surface area contributed by atoms with Gasteiger partial charge in [-0.1, -0.05) is 41.4 Å². The molecular weight excluding hydrogens is 466 g/mol. The van der Waals surface area contributed by atoms with Crippen molar-refractivity contribution in [3.8, 4) is 17.1 Å². The quantitative estimate of drug-likeness (QED) is 0.304. The van der Waals surface area contributed by atoms with Gasteiger partial charge < -0.3 is 10.6 Å². The smallest absolute Gasteiger partial charge is 0.181 e. The lowest BCUT2D eigenvalue weighted by molar-refractivity contribution is 0.881. The number of aryl methyl sites for hydroxylation is 2. The molecule has 3 aromatic carbocycles. The number of nitrogens with one attached hydrogen (secondary N) is 2. The van der Waals surface area contributed by atoms with E-state index >= 15 is 0 Å². The molecule has 5 aromatic rings. The lowest BCUT2D eigenvalue weighted by Crippen LogP contribution is -2.20. The highest BCUT2D eigenvalue weighted by atomic mass is 35.5. The number of halogens is 1. The summed E-state index contributed by atoms with van der Waals surface area (Å²) >= 11 is 11.7. The Labute approximate surface area is 206 Å². The van der Waals surface area contributed by atoms with Crippen LogP contribution in [0.4, 0.5) is 11.5 Å². The van der Waals surface area contributed by atoms with E-state index < -0.39 is 0 Å². The number of rotatable bonds is 4. The fourth-order valence-electron chi connectivity index (χ4n) is 3.48. The van der Waals surface area contributed by atoms with Crippen LogP contribution in [0.1, 0.15) is 11.1 Å².